The number of carbonyl (C=O) groups is 1. The highest BCUT2D eigenvalue weighted by molar-refractivity contribution is 6.06. The van der Waals surface area contributed by atoms with E-state index in [2.05, 4.69) is 4.99 Å². The third-order valence-corrected chi connectivity index (χ3v) is 3.42. The van der Waals surface area contributed by atoms with Crippen LogP contribution in [0.4, 0.5) is 4.79 Å². The summed E-state index contributed by atoms with van der Waals surface area (Å²) in [7, 11) is 0. The van der Waals surface area contributed by atoms with Gasteiger partial charge in [-0.1, -0.05) is 0 Å². The molecule has 0 aromatic rings. The third-order valence-electron chi connectivity index (χ3n) is 3.42. The van der Waals surface area contributed by atoms with E-state index in [-0.39, 0.29) is 12.1 Å². The van der Waals surface area contributed by atoms with Crippen LogP contribution >= 0.6 is 0 Å². The van der Waals surface area contributed by atoms with Gasteiger partial charge in [0.15, 0.2) is 0 Å². The second-order valence-electron chi connectivity index (χ2n) is 4.47. The number of carbonyl (C=O) groups excluding carboxylic acids is 1. The summed E-state index contributed by atoms with van der Waals surface area (Å²) in [6.45, 7) is 0. The fourth-order valence-corrected chi connectivity index (χ4v) is 2.53. The molecular weight excluding hydrogens is 182 g/mol. The molecule has 1 spiro atoms. The summed E-state index contributed by atoms with van der Waals surface area (Å²) in [6, 6.07) is 0.108. The molecule has 2 amide bonds. The Hall–Kier alpha value is -1.10. The molecule has 76 valence electrons. The van der Waals surface area contributed by atoms with Gasteiger partial charge < -0.3 is 15.7 Å². The molecule has 1 heterocycles. The van der Waals surface area contributed by atoms with Crippen molar-refractivity contribution >= 4 is 11.9 Å². The number of amides is 2. The first-order valence-corrected chi connectivity index (χ1v) is 4.99. The molecule has 3 aliphatic rings. The molecule has 2 aliphatic carbocycles. The molecule has 1 aliphatic heterocycles. The number of hydrogen-bond donors (Lipinski definition) is 2. The highest BCUT2D eigenvalue weighted by Gasteiger charge is 2.60. The number of amidine groups is 1. The van der Waals surface area contributed by atoms with Crippen LogP contribution in [0.3, 0.4) is 0 Å². The first-order chi connectivity index (χ1) is 6.63. The van der Waals surface area contributed by atoms with Crippen molar-refractivity contribution in [3.8, 4) is 0 Å². The molecule has 0 atom stereocenters. The molecule has 0 saturated heterocycles. The van der Waals surface area contributed by atoms with Crippen molar-refractivity contribution in [3.63, 3.8) is 0 Å². The Morgan fingerprint density at radius 1 is 1.50 bits per heavy atom. The molecule has 3 rings (SSSR count). The van der Waals surface area contributed by atoms with Crippen LogP contribution in [-0.2, 0) is 0 Å². The van der Waals surface area contributed by atoms with Crippen molar-refractivity contribution in [2.75, 3.05) is 0 Å². The van der Waals surface area contributed by atoms with Gasteiger partial charge in [-0.25, -0.2) is 4.79 Å². The molecule has 2 saturated carbocycles. The number of nitrogens with two attached hydrogens (primary N) is 1. The fourth-order valence-electron chi connectivity index (χ4n) is 2.53. The molecule has 0 aromatic carbocycles. The second kappa shape index (κ2) is 2.28. The zero-order chi connectivity index (χ0) is 9.92. The largest absolute Gasteiger partial charge is 0.393 e. The molecule has 0 aromatic heterocycles. The number of aliphatic hydroxyl groups excluding tert-OH is 1. The quantitative estimate of drug-likeness (QED) is 0.610. The van der Waals surface area contributed by atoms with Gasteiger partial charge in [0, 0.05) is 18.9 Å². The Balaban J connectivity index is 1.93. The SMILES string of the molecule is NC1=NC(=O)N(C2CC2)C12CC(O)C2. The van der Waals surface area contributed by atoms with Gasteiger partial charge in [-0.2, -0.15) is 4.99 Å². The van der Waals surface area contributed by atoms with Gasteiger partial charge in [0.25, 0.3) is 0 Å². The van der Waals surface area contributed by atoms with Crippen LogP contribution < -0.4 is 5.73 Å². The summed E-state index contributed by atoms with van der Waals surface area (Å²) in [5.74, 6) is 0.403. The standard InChI is InChI=1S/C9H13N3O2/c10-7-9(3-6(13)4-9)12(5-1-2-5)8(14)11-7/h5-6,13H,1-4H2,(H2,10,11,14). The van der Waals surface area contributed by atoms with Crippen LogP contribution in [0.1, 0.15) is 25.7 Å². The van der Waals surface area contributed by atoms with Gasteiger partial charge in [-0.3, -0.25) is 0 Å². The monoisotopic (exact) mass is 195 g/mol. The number of rotatable bonds is 1. The van der Waals surface area contributed by atoms with Gasteiger partial charge in [0.1, 0.15) is 11.4 Å². The van der Waals surface area contributed by atoms with E-state index in [0.717, 1.165) is 12.8 Å². The topological polar surface area (TPSA) is 78.9 Å². The molecule has 14 heavy (non-hydrogen) atoms. The van der Waals surface area contributed by atoms with E-state index in [0.29, 0.717) is 24.7 Å². The number of hydrogen-bond acceptors (Lipinski definition) is 3. The van der Waals surface area contributed by atoms with E-state index in [1.165, 1.54) is 0 Å². The van der Waals surface area contributed by atoms with E-state index in [4.69, 9.17) is 5.73 Å². The predicted molar refractivity (Wildman–Crippen MR) is 49.9 cm³/mol. The van der Waals surface area contributed by atoms with Crippen molar-refractivity contribution in [2.45, 2.75) is 43.4 Å². The van der Waals surface area contributed by atoms with Crippen molar-refractivity contribution < 1.29 is 9.90 Å². The van der Waals surface area contributed by atoms with Crippen LogP contribution in [0, 0.1) is 0 Å². The summed E-state index contributed by atoms with van der Waals surface area (Å²) in [5, 5.41) is 9.35. The van der Waals surface area contributed by atoms with Gasteiger partial charge in [0.05, 0.1) is 6.10 Å². The van der Waals surface area contributed by atoms with Gasteiger partial charge in [-0.05, 0) is 12.8 Å². The molecule has 5 nitrogen and oxygen atoms in total. The average molecular weight is 195 g/mol. The lowest BCUT2D eigenvalue weighted by atomic mass is 9.72. The maximum absolute atomic E-state index is 11.6. The molecule has 0 unspecified atom stereocenters. The maximum Gasteiger partial charge on any atom is 0.346 e. The molecule has 2 fully saturated rings. The minimum absolute atomic E-state index is 0.211. The summed E-state index contributed by atoms with van der Waals surface area (Å²) in [6.07, 6.45) is 2.89. The molecule has 0 bridgehead atoms. The number of nitrogens with zero attached hydrogens (tertiary/aromatic N) is 2. The van der Waals surface area contributed by atoms with E-state index in [9.17, 15) is 9.90 Å². The zero-order valence-corrected chi connectivity index (χ0v) is 7.81. The zero-order valence-electron chi connectivity index (χ0n) is 7.81. The highest BCUT2D eigenvalue weighted by Crippen LogP contribution is 2.47. The number of aliphatic hydroxyl groups is 1. The smallest absolute Gasteiger partial charge is 0.346 e. The lowest BCUT2D eigenvalue weighted by molar-refractivity contribution is -0.0109. The number of aliphatic imine (C=N–C) groups is 1. The molecule has 3 N–H and O–H groups in total. The summed E-state index contributed by atoms with van der Waals surface area (Å²) in [4.78, 5) is 17.2. The minimum Gasteiger partial charge on any atom is -0.393 e. The summed E-state index contributed by atoms with van der Waals surface area (Å²) >= 11 is 0. The highest BCUT2D eigenvalue weighted by atomic mass is 16.3. The lowest BCUT2D eigenvalue weighted by Gasteiger charge is -2.48. The van der Waals surface area contributed by atoms with Crippen LogP contribution in [0.25, 0.3) is 0 Å². The Bertz CT molecular complexity index is 329. The minimum atomic E-state index is -0.419. The lowest BCUT2D eigenvalue weighted by Crippen LogP contribution is -2.64. The summed E-state index contributed by atoms with van der Waals surface area (Å²) in [5.41, 5.74) is 5.34. The van der Waals surface area contributed by atoms with Crippen LogP contribution in [0.15, 0.2) is 4.99 Å². The Morgan fingerprint density at radius 3 is 2.64 bits per heavy atom. The Kier molecular flexibility index (Phi) is 1.34. The van der Waals surface area contributed by atoms with Crippen LogP contribution in [0.5, 0.6) is 0 Å². The van der Waals surface area contributed by atoms with Crippen LogP contribution in [-0.4, -0.2) is 39.6 Å². The molecule has 5 heteroatoms. The Morgan fingerprint density at radius 2 is 2.14 bits per heavy atom. The molecular formula is C9H13N3O2. The fraction of sp³-hybridized carbons (Fsp3) is 0.778. The van der Waals surface area contributed by atoms with E-state index in [1.54, 1.807) is 4.90 Å². The maximum atomic E-state index is 11.6. The van der Waals surface area contributed by atoms with Crippen molar-refractivity contribution in [2.24, 2.45) is 10.7 Å². The van der Waals surface area contributed by atoms with E-state index < -0.39 is 5.54 Å². The summed E-state index contributed by atoms with van der Waals surface area (Å²) < 4.78 is 0. The first kappa shape index (κ1) is 8.23. The molecule has 0 radical (unpaired) electrons. The van der Waals surface area contributed by atoms with Crippen molar-refractivity contribution in [3.05, 3.63) is 0 Å². The van der Waals surface area contributed by atoms with Gasteiger partial charge >= 0.3 is 6.03 Å². The van der Waals surface area contributed by atoms with E-state index in [1.807, 2.05) is 0 Å². The average Bonchev–Trinajstić information content (AvgIpc) is 2.81. The second-order valence-corrected chi connectivity index (χ2v) is 4.47. The predicted octanol–water partition coefficient (Wildman–Crippen LogP) is -0.165. The van der Waals surface area contributed by atoms with E-state index >= 15 is 0 Å². The van der Waals surface area contributed by atoms with Gasteiger partial charge in [-0.15, -0.1) is 0 Å². The van der Waals surface area contributed by atoms with Gasteiger partial charge in [0.2, 0.25) is 0 Å². The number of urea groups is 1. The van der Waals surface area contributed by atoms with Crippen molar-refractivity contribution in [1.29, 1.82) is 0 Å². The van der Waals surface area contributed by atoms with Crippen molar-refractivity contribution in [1.82, 2.24) is 4.90 Å². The van der Waals surface area contributed by atoms with Crippen LogP contribution in [0.2, 0.25) is 0 Å². The third kappa shape index (κ3) is 0.829. The first-order valence-electron chi connectivity index (χ1n) is 4.99. The Labute approximate surface area is 81.6 Å². The normalized spacial score (nSPS) is 41.5.